The van der Waals surface area contributed by atoms with Crippen LogP contribution in [0.15, 0.2) is 56.4 Å². The predicted octanol–water partition coefficient (Wildman–Crippen LogP) is 9.56. The van der Waals surface area contributed by atoms with Crippen LogP contribution in [0, 0.1) is 0 Å². The van der Waals surface area contributed by atoms with Crippen molar-refractivity contribution in [2.75, 3.05) is 151 Å². The van der Waals surface area contributed by atoms with Crippen molar-refractivity contribution in [2.45, 2.75) is 195 Å². The van der Waals surface area contributed by atoms with Crippen LogP contribution in [0.2, 0.25) is 0 Å². The monoisotopic (exact) mass is 1260 g/mol. The van der Waals surface area contributed by atoms with Crippen molar-refractivity contribution in [3.63, 3.8) is 0 Å². The van der Waals surface area contributed by atoms with Gasteiger partial charge >= 0.3 is 23.8 Å². The smallest absolute Gasteiger partial charge is 0.341 e. The first-order valence-electron chi connectivity index (χ1n) is 33.6. The third kappa shape index (κ3) is 27.5. The molecule has 0 amide bonds. The lowest BCUT2D eigenvalue weighted by molar-refractivity contribution is -0.471. The van der Waals surface area contributed by atoms with Gasteiger partial charge in [-0.15, -0.1) is 0 Å². The van der Waals surface area contributed by atoms with Crippen LogP contribution in [0.1, 0.15) is 193 Å². The summed E-state index contributed by atoms with van der Waals surface area (Å²) in [5.74, 6) is 8.99. The molecule has 2 saturated carbocycles. The van der Waals surface area contributed by atoms with E-state index in [0.29, 0.717) is 41.8 Å². The highest BCUT2D eigenvalue weighted by atomic mass is 15.4. The maximum absolute atomic E-state index is 5.13. The van der Waals surface area contributed by atoms with Gasteiger partial charge in [0.2, 0.25) is 0 Å². The summed E-state index contributed by atoms with van der Waals surface area (Å²) < 4.78 is 8.20. The maximum atomic E-state index is 5.13. The van der Waals surface area contributed by atoms with Gasteiger partial charge in [-0.2, -0.15) is 0 Å². The van der Waals surface area contributed by atoms with Gasteiger partial charge in [0.05, 0.1) is 119 Å². The van der Waals surface area contributed by atoms with Crippen LogP contribution in [0.4, 0.5) is 11.4 Å². The molecule has 20 nitrogen and oxygen atoms in total. The van der Waals surface area contributed by atoms with Crippen molar-refractivity contribution in [2.24, 2.45) is 20.0 Å². The van der Waals surface area contributed by atoms with Gasteiger partial charge in [0, 0.05) is 56.7 Å². The van der Waals surface area contributed by atoms with Gasteiger partial charge in [-0.1, -0.05) is 130 Å². The van der Waals surface area contributed by atoms with Crippen LogP contribution in [0.25, 0.3) is 0 Å². The second-order valence-electron chi connectivity index (χ2n) is 28.0. The Labute approximate surface area is 550 Å². The quantitative estimate of drug-likeness (QED) is 0.0764. The van der Waals surface area contributed by atoms with E-state index in [9.17, 15) is 0 Å². The van der Waals surface area contributed by atoms with Crippen LogP contribution in [-0.4, -0.2) is 259 Å². The second kappa shape index (κ2) is 39.6. The lowest BCUT2D eigenvalue weighted by atomic mass is 9.92. The average Bonchev–Trinajstić information content (AvgIpc) is 1.18. The molecule has 2 aromatic rings. The van der Waals surface area contributed by atoms with Crippen molar-refractivity contribution in [1.82, 2.24) is 50.7 Å². The average molecular weight is 1260 g/mol. The number of rotatable bonds is 10. The van der Waals surface area contributed by atoms with Crippen molar-refractivity contribution < 1.29 is 18.3 Å². The number of hydrogen-bond donors (Lipinski definition) is 6. The number of nitrogens with one attached hydrogen (secondary N) is 6. The predicted molar refractivity (Wildman–Crippen MR) is 391 cm³/mol. The Morgan fingerprint density at radius 3 is 1.18 bits per heavy atom. The van der Waals surface area contributed by atoms with Crippen LogP contribution in [0.5, 0.6) is 0 Å². The van der Waals surface area contributed by atoms with Gasteiger partial charge in [-0.3, -0.25) is 37.9 Å². The minimum absolute atomic E-state index is 0.259. The Morgan fingerprint density at radius 1 is 0.478 bits per heavy atom. The molecule has 1 heterocycles. The summed E-state index contributed by atoms with van der Waals surface area (Å²) in [6, 6.07) is 14.9. The zero-order valence-electron chi connectivity index (χ0n) is 62.8. The summed E-state index contributed by atoms with van der Waals surface area (Å²) in [5, 5.41) is 21.4. The highest BCUT2D eigenvalue weighted by molar-refractivity contribution is 6.10. The molecule has 3 aliphatic rings. The molecular formula is C70H134N20+4. The fourth-order valence-electron chi connectivity index (χ4n) is 11.1. The maximum Gasteiger partial charge on any atom is 0.392 e. The Kier molecular flexibility index (Phi) is 35.0. The topological polar surface area (TPSA) is 153 Å². The number of hydrogen-bond acceptors (Lipinski definition) is 2. The molecule has 1 saturated heterocycles. The van der Waals surface area contributed by atoms with Crippen LogP contribution in [0.3, 0.4) is 0 Å². The SMILES string of the molecule is CC(C)N=C(NC(N(C)C)=[N+](C)C)NC(C)C.CC(C)c1cccc(C(C)C)c1NC(=NC(N(C)C)=[N+](C)C)Nc1c(C(C)C)cccc1C(C)C.CN(C)C(N=C1N(C)CCN1C)=[N+](C)C.CN(C)C(NC(=NC1CCCCC1)NC1CCCCC1)=[N+](C)C. The number of nitrogens with zero attached hydrogens (tertiary/aromatic N) is 14. The first kappa shape index (κ1) is 79.5. The fraction of sp³-hybridized carbons (Fsp3) is 0.714. The van der Waals surface area contributed by atoms with Gasteiger partial charge in [0.25, 0.3) is 23.8 Å². The molecule has 3 fully saturated rings. The molecule has 2 aliphatic carbocycles. The van der Waals surface area contributed by atoms with E-state index in [4.69, 9.17) is 9.98 Å². The zero-order valence-corrected chi connectivity index (χ0v) is 62.8. The Balaban J connectivity index is 0.000000434. The molecule has 0 aromatic heterocycles. The summed E-state index contributed by atoms with van der Waals surface area (Å²) in [4.78, 5) is 31.9. The summed E-state index contributed by atoms with van der Waals surface area (Å²) >= 11 is 0. The molecule has 90 heavy (non-hydrogen) atoms. The lowest BCUT2D eigenvalue weighted by Gasteiger charge is -2.26. The van der Waals surface area contributed by atoms with Gasteiger partial charge in [-0.25, -0.2) is 20.6 Å². The summed E-state index contributed by atoms with van der Waals surface area (Å²) in [6.07, 6.45) is 13.1. The molecule has 6 N–H and O–H groups in total. The molecule has 0 atom stereocenters. The Morgan fingerprint density at radius 2 is 0.856 bits per heavy atom. The largest absolute Gasteiger partial charge is 0.392 e. The number of likely N-dealkylation sites (N-methyl/N-ethyl adjacent to an activating group) is 2. The number of benzene rings is 2. The molecule has 2 aromatic carbocycles. The lowest BCUT2D eigenvalue weighted by Crippen LogP contribution is -2.52. The molecule has 0 bridgehead atoms. The van der Waals surface area contributed by atoms with Gasteiger partial charge < -0.3 is 31.1 Å². The van der Waals surface area contributed by atoms with E-state index in [2.05, 4.69) is 223 Å². The molecule has 20 heteroatoms. The highest BCUT2D eigenvalue weighted by Gasteiger charge is 2.28. The standard InChI is InChI=1S/C30H47N5.C18H35N5.C12H27N5.C10H22N5/c1-19(2)23-15-13-16-24(20(3)4)27(23)31-29(33-30(34(9)10)35(11)12)32-28-25(21(5)6)17-14-18-26(28)22(7)8;1-22(2)18(23(3)4)21-17(19-15-11-7-5-8-12-15)20-16-13-9-6-10-14-16;1-9(2)13-11(14-10(3)4)15-12(16(5)6)17(7)8;1-12(2)9(13(3)4)11-10-14(5)7-8-15(10)6/h13-22H,1-12H3,(H,31,32);15-16H,5-14H2,1-4H3,(H,19,20);9-10H,1-8H3,(H,13,14);7-8H2,1-6H3/q;;;+1/p+3. The third-order valence-corrected chi connectivity index (χ3v) is 15.5. The minimum Gasteiger partial charge on any atom is -0.341 e. The Hall–Kier alpha value is -6.60. The van der Waals surface area contributed by atoms with E-state index < -0.39 is 0 Å². The van der Waals surface area contributed by atoms with E-state index in [1.807, 2.05) is 113 Å². The number of guanidine groups is 8. The van der Waals surface area contributed by atoms with Crippen molar-refractivity contribution in [1.29, 1.82) is 0 Å². The van der Waals surface area contributed by atoms with E-state index in [1.54, 1.807) is 0 Å². The Bertz CT molecular complexity index is 2590. The number of aliphatic imine (C=N–C) groups is 4. The molecule has 0 spiro atoms. The first-order chi connectivity index (χ1) is 42.1. The van der Waals surface area contributed by atoms with E-state index in [0.717, 1.165) is 72.1 Å². The highest BCUT2D eigenvalue weighted by Crippen LogP contribution is 2.35. The number of anilines is 2. The molecule has 510 valence electrons. The molecular weight excluding hydrogens is 1120 g/mol. The third-order valence-electron chi connectivity index (χ3n) is 15.5. The zero-order chi connectivity index (χ0) is 68.3. The molecule has 0 radical (unpaired) electrons. The molecule has 0 unspecified atom stereocenters. The van der Waals surface area contributed by atoms with Crippen molar-refractivity contribution >= 4 is 59.1 Å². The van der Waals surface area contributed by atoms with Gasteiger partial charge in [0.15, 0.2) is 0 Å². The van der Waals surface area contributed by atoms with E-state index in [-0.39, 0.29) is 6.04 Å². The second-order valence-corrected chi connectivity index (χ2v) is 28.0. The van der Waals surface area contributed by atoms with E-state index in [1.165, 1.54) is 86.5 Å². The summed E-state index contributed by atoms with van der Waals surface area (Å²) in [7, 11) is 36.6. The molecule has 5 rings (SSSR count). The molecule has 1 aliphatic heterocycles. The number of para-hydroxylation sites is 2. The van der Waals surface area contributed by atoms with Gasteiger partial charge in [0.1, 0.15) is 0 Å². The fourth-order valence-corrected chi connectivity index (χ4v) is 11.1. The van der Waals surface area contributed by atoms with Crippen LogP contribution >= 0.6 is 0 Å². The van der Waals surface area contributed by atoms with E-state index >= 15 is 0 Å². The van der Waals surface area contributed by atoms with Crippen LogP contribution < -0.4 is 31.9 Å². The summed E-state index contributed by atoms with van der Waals surface area (Å²) in [6.45, 7) is 28.4. The summed E-state index contributed by atoms with van der Waals surface area (Å²) in [5.41, 5.74) is 7.47. The van der Waals surface area contributed by atoms with Crippen molar-refractivity contribution in [3.05, 3.63) is 58.7 Å². The first-order valence-corrected chi connectivity index (χ1v) is 33.6. The van der Waals surface area contributed by atoms with Crippen molar-refractivity contribution in [3.8, 4) is 0 Å². The normalized spacial score (nSPS) is 14.6. The minimum atomic E-state index is 0.259. The van der Waals surface area contributed by atoms with Gasteiger partial charge in [-0.05, 0) is 109 Å². The van der Waals surface area contributed by atoms with Crippen LogP contribution in [-0.2, 0) is 0 Å².